The second-order valence-electron chi connectivity index (χ2n) is 8.58. The van der Waals surface area contributed by atoms with Gasteiger partial charge in [-0.1, -0.05) is 11.6 Å². The van der Waals surface area contributed by atoms with Gasteiger partial charge in [0, 0.05) is 61.2 Å². The fourth-order valence-electron chi connectivity index (χ4n) is 4.07. The molecule has 1 aliphatic heterocycles. The number of aromatic nitrogens is 4. The number of likely N-dealkylation sites (N-methyl/N-ethyl adjacent to an activating group) is 1. The van der Waals surface area contributed by atoms with E-state index in [0.29, 0.717) is 29.4 Å². The average Bonchev–Trinajstić information content (AvgIpc) is 3.37. The zero-order valence-electron chi connectivity index (χ0n) is 18.7. The Morgan fingerprint density at radius 3 is 2.55 bits per heavy atom. The zero-order chi connectivity index (χ0) is 23.1. The van der Waals surface area contributed by atoms with Crippen LogP contribution in [0.3, 0.4) is 0 Å². The minimum Gasteiger partial charge on any atom is -0.421 e. The SMILES string of the molecule is CC1=Cc2c(F)c(Oc3nc(Nc4cc(C)[nH]n4)cc(N4CCN(C)CC4)n3)cc(F)c2C1. The Morgan fingerprint density at radius 1 is 1.03 bits per heavy atom. The van der Waals surface area contributed by atoms with Crippen LogP contribution >= 0.6 is 0 Å². The van der Waals surface area contributed by atoms with Crippen LogP contribution in [0.4, 0.5) is 26.2 Å². The molecular formula is C23H25F2N7O. The van der Waals surface area contributed by atoms with Crippen LogP contribution < -0.4 is 15.0 Å². The lowest BCUT2D eigenvalue weighted by Gasteiger charge is -2.33. The van der Waals surface area contributed by atoms with Crippen LogP contribution in [0, 0.1) is 18.6 Å². The number of ether oxygens (including phenoxy) is 1. The summed E-state index contributed by atoms with van der Waals surface area (Å²) in [4.78, 5) is 13.2. The van der Waals surface area contributed by atoms with Crippen LogP contribution in [0.1, 0.15) is 23.7 Å². The van der Waals surface area contributed by atoms with Crippen LogP contribution in [0.5, 0.6) is 11.8 Å². The Bertz CT molecular complexity index is 1230. The van der Waals surface area contributed by atoms with Crippen LogP contribution in [0.25, 0.3) is 6.08 Å². The molecule has 0 saturated carbocycles. The van der Waals surface area contributed by atoms with Gasteiger partial charge in [-0.15, -0.1) is 0 Å². The number of fused-ring (bicyclic) bond motifs is 1. The van der Waals surface area contributed by atoms with Gasteiger partial charge in [-0.25, -0.2) is 8.78 Å². The predicted octanol–water partition coefficient (Wildman–Crippen LogP) is 4.03. The molecule has 33 heavy (non-hydrogen) atoms. The molecule has 0 bridgehead atoms. The third-order valence-electron chi connectivity index (χ3n) is 5.85. The molecule has 0 amide bonds. The van der Waals surface area contributed by atoms with Crippen LogP contribution in [0.15, 0.2) is 23.8 Å². The van der Waals surface area contributed by atoms with E-state index in [9.17, 15) is 4.39 Å². The molecule has 1 aliphatic carbocycles. The zero-order valence-corrected chi connectivity index (χ0v) is 18.7. The van der Waals surface area contributed by atoms with E-state index in [1.807, 2.05) is 19.9 Å². The molecule has 0 radical (unpaired) electrons. The van der Waals surface area contributed by atoms with Gasteiger partial charge in [0.1, 0.15) is 17.5 Å². The molecule has 0 spiro atoms. The molecule has 1 fully saturated rings. The molecule has 1 saturated heterocycles. The monoisotopic (exact) mass is 453 g/mol. The summed E-state index contributed by atoms with van der Waals surface area (Å²) in [6, 6.07) is 4.63. The number of nitrogens with one attached hydrogen (secondary N) is 2. The van der Waals surface area contributed by atoms with E-state index in [1.165, 1.54) is 0 Å². The number of hydrogen-bond donors (Lipinski definition) is 2. The molecule has 8 nitrogen and oxygen atoms in total. The first-order valence-electron chi connectivity index (χ1n) is 10.8. The van der Waals surface area contributed by atoms with E-state index in [1.54, 1.807) is 12.1 Å². The fourth-order valence-corrected chi connectivity index (χ4v) is 4.07. The van der Waals surface area contributed by atoms with E-state index in [2.05, 4.69) is 42.3 Å². The first-order chi connectivity index (χ1) is 15.9. The largest absolute Gasteiger partial charge is 0.421 e. The van der Waals surface area contributed by atoms with Crippen LogP contribution in [0.2, 0.25) is 0 Å². The smallest absolute Gasteiger partial charge is 0.326 e. The Hall–Kier alpha value is -3.53. The molecule has 0 unspecified atom stereocenters. The summed E-state index contributed by atoms with van der Waals surface area (Å²) in [5, 5.41) is 10.2. The minimum atomic E-state index is -0.616. The lowest BCUT2D eigenvalue weighted by molar-refractivity contribution is 0.311. The summed E-state index contributed by atoms with van der Waals surface area (Å²) in [5.74, 6) is 0.300. The lowest BCUT2D eigenvalue weighted by atomic mass is 10.1. The maximum atomic E-state index is 15.1. The maximum Gasteiger partial charge on any atom is 0.326 e. The van der Waals surface area contributed by atoms with Crippen molar-refractivity contribution in [2.24, 2.45) is 0 Å². The van der Waals surface area contributed by atoms with Crippen molar-refractivity contribution < 1.29 is 13.5 Å². The highest BCUT2D eigenvalue weighted by molar-refractivity contribution is 5.66. The van der Waals surface area contributed by atoms with Crippen LogP contribution in [-0.2, 0) is 6.42 Å². The van der Waals surface area contributed by atoms with Gasteiger partial charge in [0.25, 0.3) is 0 Å². The third-order valence-corrected chi connectivity index (χ3v) is 5.85. The van der Waals surface area contributed by atoms with E-state index in [-0.39, 0.29) is 17.3 Å². The molecular weight excluding hydrogens is 428 g/mol. The third kappa shape index (κ3) is 4.38. The minimum absolute atomic E-state index is 0.0712. The number of anilines is 3. The Morgan fingerprint density at radius 2 is 1.82 bits per heavy atom. The topological polar surface area (TPSA) is 82.2 Å². The summed E-state index contributed by atoms with van der Waals surface area (Å²) in [7, 11) is 2.07. The van der Waals surface area contributed by atoms with Gasteiger partial charge in [-0.05, 0) is 27.3 Å². The highest BCUT2D eigenvalue weighted by Gasteiger charge is 2.24. The number of nitrogens with zero attached hydrogens (tertiary/aromatic N) is 5. The molecule has 2 aromatic heterocycles. The van der Waals surface area contributed by atoms with Gasteiger partial charge in [0.2, 0.25) is 0 Å². The molecule has 2 N–H and O–H groups in total. The molecule has 10 heteroatoms. The highest BCUT2D eigenvalue weighted by atomic mass is 19.1. The quantitative estimate of drug-likeness (QED) is 0.604. The number of piperazine rings is 1. The summed E-state index contributed by atoms with van der Waals surface area (Å²) in [5.41, 5.74) is 2.36. The van der Waals surface area contributed by atoms with Gasteiger partial charge in [-0.2, -0.15) is 15.1 Å². The second-order valence-corrected chi connectivity index (χ2v) is 8.58. The molecule has 1 aromatic carbocycles. The van der Waals surface area contributed by atoms with Crippen molar-refractivity contribution in [3.05, 3.63) is 52.2 Å². The van der Waals surface area contributed by atoms with E-state index >= 15 is 4.39 Å². The van der Waals surface area contributed by atoms with Crippen molar-refractivity contribution in [3.8, 4) is 11.8 Å². The number of aryl methyl sites for hydroxylation is 1. The summed E-state index contributed by atoms with van der Waals surface area (Å²) < 4.78 is 35.5. The first-order valence-corrected chi connectivity index (χ1v) is 10.8. The molecule has 0 atom stereocenters. The molecule has 3 heterocycles. The number of halogens is 2. The molecule has 3 aromatic rings. The summed E-state index contributed by atoms with van der Waals surface area (Å²) in [6.45, 7) is 7.07. The first kappa shape index (κ1) is 21.3. The van der Waals surface area contributed by atoms with E-state index < -0.39 is 11.6 Å². The molecule has 2 aliphatic rings. The number of rotatable bonds is 5. The lowest BCUT2D eigenvalue weighted by Crippen LogP contribution is -2.44. The van der Waals surface area contributed by atoms with Crippen LogP contribution in [-0.4, -0.2) is 58.3 Å². The number of H-pyrrole nitrogens is 1. The summed E-state index contributed by atoms with van der Waals surface area (Å²) >= 11 is 0. The molecule has 172 valence electrons. The predicted molar refractivity (Wildman–Crippen MR) is 122 cm³/mol. The summed E-state index contributed by atoms with van der Waals surface area (Å²) in [6.07, 6.45) is 2.04. The van der Waals surface area contributed by atoms with E-state index in [4.69, 9.17) is 4.74 Å². The standard InChI is InChI=1S/C23H25F2N7O/c1-13-8-15-16(9-13)22(25)18(11-17(15)24)33-23-27-19(26-20-10-14(2)29-30-20)12-21(28-23)32-6-4-31(3)5-7-32/h9-12H,4-8H2,1-3H3,(H2,26,27,28,29,30). The number of aromatic amines is 1. The van der Waals surface area contributed by atoms with Crippen molar-refractivity contribution in [2.45, 2.75) is 20.3 Å². The van der Waals surface area contributed by atoms with Crippen molar-refractivity contribution >= 4 is 23.5 Å². The highest BCUT2D eigenvalue weighted by Crippen LogP contribution is 2.36. The number of benzene rings is 1. The maximum absolute atomic E-state index is 15.1. The normalized spacial score (nSPS) is 16.0. The van der Waals surface area contributed by atoms with Gasteiger partial charge < -0.3 is 19.9 Å². The Kier molecular flexibility index (Phi) is 5.45. The Balaban J connectivity index is 1.50. The second kappa shape index (κ2) is 8.43. The average molecular weight is 453 g/mol. The van der Waals surface area contributed by atoms with Gasteiger partial charge in [0.05, 0.1) is 0 Å². The Labute approximate surface area is 190 Å². The van der Waals surface area contributed by atoms with Gasteiger partial charge in [0.15, 0.2) is 17.4 Å². The molecule has 5 rings (SSSR count). The van der Waals surface area contributed by atoms with Gasteiger partial charge >= 0.3 is 6.01 Å². The van der Waals surface area contributed by atoms with Crippen molar-refractivity contribution in [1.82, 2.24) is 25.1 Å². The van der Waals surface area contributed by atoms with Gasteiger partial charge in [-0.3, -0.25) is 5.10 Å². The number of allylic oxidation sites excluding steroid dienone is 1. The fraction of sp³-hybridized carbons (Fsp3) is 0.348. The van der Waals surface area contributed by atoms with E-state index in [0.717, 1.165) is 43.5 Å². The van der Waals surface area contributed by atoms with Crippen molar-refractivity contribution in [2.75, 3.05) is 43.4 Å². The van der Waals surface area contributed by atoms with Crippen molar-refractivity contribution in [1.29, 1.82) is 0 Å². The number of hydrogen-bond acceptors (Lipinski definition) is 7. The van der Waals surface area contributed by atoms with Crippen molar-refractivity contribution in [3.63, 3.8) is 0 Å².